The first-order chi connectivity index (χ1) is 15.0. The highest BCUT2D eigenvalue weighted by Crippen LogP contribution is 2.39. The summed E-state index contributed by atoms with van der Waals surface area (Å²) in [6, 6.07) is 9.51. The summed E-state index contributed by atoms with van der Waals surface area (Å²) in [5, 5.41) is 8.95. The van der Waals surface area contributed by atoms with Crippen molar-refractivity contribution in [1.29, 1.82) is 0 Å². The number of rotatable bonds is 6. The first-order valence-electron chi connectivity index (χ1n) is 11.3. The van der Waals surface area contributed by atoms with E-state index in [1.807, 2.05) is 41.9 Å². The fourth-order valence-electron chi connectivity index (χ4n) is 4.50. The molecule has 1 N–H and O–H groups in total. The molecule has 166 valence electrons. The van der Waals surface area contributed by atoms with E-state index in [4.69, 9.17) is 5.10 Å². The van der Waals surface area contributed by atoms with Crippen LogP contribution in [0.2, 0.25) is 0 Å². The largest absolute Gasteiger partial charge is 0.351 e. The van der Waals surface area contributed by atoms with Gasteiger partial charge < -0.3 is 10.2 Å². The number of aromatic nitrogens is 2. The van der Waals surface area contributed by atoms with Crippen LogP contribution in [0.15, 0.2) is 35.4 Å². The first-order valence-corrected chi connectivity index (χ1v) is 12.3. The van der Waals surface area contributed by atoms with E-state index in [1.165, 1.54) is 11.8 Å². The molecule has 2 heterocycles. The van der Waals surface area contributed by atoms with E-state index in [-0.39, 0.29) is 17.9 Å². The number of hydrogen-bond donors (Lipinski definition) is 1. The van der Waals surface area contributed by atoms with E-state index in [0.717, 1.165) is 54.1 Å². The number of nitrogens with one attached hydrogen (secondary N) is 1. The van der Waals surface area contributed by atoms with Gasteiger partial charge in [0.1, 0.15) is 11.1 Å². The van der Waals surface area contributed by atoms with Crippen molar-refractivity contribution in [3.63, 3.8) is 0 Å². The Hall–Kier alpha value is -2.28. The molecule has 0 unspecified atom stereocenters. The second-order valence-corrected chi connectivity index (χ2v) is 9.97. The van der Waals surface area contributed by atoms with Crippen molar-refractivity contribution >= 4 is 23.6 Å². The number of amides is 2. The molecule has 0 spiro atoms. The number of carbonyl (C=O) groups excluding carboxylic acids is 2. The molecule has 1 atom stereocenters. The Bertz CT molecular complexity index is 935. The van der Waals surface area contributed by atoms with E-state index in [1.54, 1.807) is 4.90 Å². The number of aryl methyl sites for hydroxylation is 1. The average Bonchev–Trinajstić information content (AvgIpc) is 3.33. The van der Waals surface area contributed by atoms with E-state index in [0.29, 0.717) is 18.2 Å². The van der Waals surface area contributed by atoms with Crippen LogP contribution in [-0.2, 0) is 9.59 Å². The lowest BCUT2D eigenvalue weighted by Gasteiger charge is -2.31. The Morgan fingerprint density at radius 1 is 1.23 bits per heavy atom. The number of hydrogen-bond acceptors (Lipinski definition) is 4. The fourth-order valence-corrected chi connectivity index (χ4v) is 5.61. The number of para-hydroxylation sites is 1. The second kappa shape index (κ2) is 9.47. The minimum Gasteiger partial charge on any atom is -0.351 e. The minimum absolute atomic E-state index is 0.0208. The normalized spacial score (nSPS) is 19.5. The molecule has 1 aliphatic heterocycles. The molecule has 1 fully saturated rings. The van der Waals surface area contributed by atoms with Crippen molar-refractivity contribution in [2.75, 3.05) is 12.3 Å². The molecule has 2 amide bonds. The molecule has 0 bridgehead atoms. The molecular formula is C24H32N4O2S. The summed E-state index contributed by atoms with van der Waals surface area (Å²) in [6.45, 7) is 6.82. The fraction of sp³-hybridized carbons (Fsp3) is 0.542. The highest BCUT2D eigenvalue weighted by Gasteiger charge is 2.40. The lowest BCUT2D eigenvalue weighted by atomic mass is 10.0. The third-order valence-corrected chi connectivity index (χ3v) is 7.26. The van der Waals surface area contributed by atoms with Gasteiger partial charge in [-0.1, -0.05) is 56.7 Å². The smallest absolute Gasteiger partial charge is 0.247 e. The molecule has 4 rings (SSSR count). The maximum Gasteiger partial charge on any atom is 0.247 e. The predicted octanol–water partition coefficient (Wildman–Crippen LogP) is 4.26. The van der Waals surface area contributed by atoms with Crippen LogP contribution in [0.5, 0.6) is 0 Å². The molecule has 6 nitrogen and oxygen atoms in total. The highest BCUT2D eigenvalue weighted by atomic mass is 32.2. The standard InChI is InChI=1S/C24H32N4O2S/c1-16(2)13-14-27-20(29)15-31-24-21(22(27)23(30)25-18-9-7-8-10-18)17(3)26-28(24)19-11-5-4-6-12-19/h4-6,11-12,16,18,22H,7-10,13-15H2,1-3H3,(H,25,30)/t22-/m1/s1. The molecule has 1 saturated carbocycles. The first kappa shape index (κ1) is 21.9. The summed E-state index contributed by atoms with van der Waals surface area (Å²) in [6.07, 6.45) is 5.20. The molecule has 2 aliphatic rings. The monoisotopic (exact) mass is 440 g/mol. The third kappa shape index (κ3) is 4.66. The van der Waals surface area contributed by atoms with Crippen LogP contribution in [0, 0.1) is 12.8 Å². The van der Waals surface area contributed by atoms with E-state index in [9.17, 15) is 9.59 Å². The van der Waals surface area contributed by atoms with Crippen LogP contribution in [0.4, 0.5) is 0 Å². The van der Waals surface area contributed by atoms with Crippen molar-refractivity contribution in [3.05, 3.63) is 41.6 Å². The van der Waals surface area contributed by atoms with Gasteiger partial charge in [0, 0.05) is 18.2 Å². The number of carbonyl (C=O) groups is 2. The van der Waals surface area contributed by atoms with Gasteiger partial charge >= 0.3 is 0 Å². The number of thioether (sulfide) groups is 1. The van der Waals surface area contributed by atoms with Gasteiger partial charge in [-0.25, -0.2) is 4.68 Å². The van der Waals surface area contributed by atoms with E-state index >= 15 is 0 Å². The van der Waals surface area contributed by atoms with Gasteiger partial charge in [0.15, 0.2) is 0 Å². The quantitative estimate of drug-likeness (QED) is 0.729. The van der Waals surface area contributed by atoms with Crippen LogP contribution in [0.25, 0.3) is 5.69 Å². The Morgan fingerprint density at radius 2 is 1.94 bits per heavy atom. The number of nitrogens with zero attached hydrogens (tertiary/aromatic N) is 3. The van der Waals surface area contributed by atoms with Crippen LogP contribution >= 0.6 is 11.8 Å². The molecule has 1 aliphatic carbocycles. The molecule has 7 heteroatoms. The van der Waals surface area contributed by atoms with Gasteiger partial charge in [-0.3, -0.25) is 9.59 Å². The topological polar surface area (TPSA) is 67.2 Å². The molecule has 2 aromatic rings. The Balaban J connectivity index is 1.76. The number of benzene rings is 1. The SMILES string of the molecule is Cc1nn(-c2ccccc2)c2c1[C@H](C(=O)NC1CCCC1)N(CCC(C)C)C(=O)CS2. The maximum atomic E-state index is 13.6. The van der Waals surface area contributed by atoms with Gasteiger partial charge in [-0.15, -0.1) is 0 Å². The van der Waals surface area contributed by atoms with Gasteiger partial charge in [0.05, 0.1) is 17.1 Å². The van der Waals surface area contributed by atoms with E-state index in [2.05, 4.69) is 19.2 Å². The molecular weight excluding hydrogens is 408 g/mol. The predicted molar refractivity (Wildman–Crippen MR) is 123 cm³/mol. The zero-order valence-corrected chi connectivity index (χ0v) is 19.5. The van der Waals surface area contributed by atoms with Crippen molar-refractivity contribution in [3.8, 4) is 5.69 Å². The molecule has 1 aromatic heterocycles. The third-order valence-electron chi connectivity index (χ3n) is 6.20. The minimum atomic E-state index is -0.630. The lowest BCUT2D eigenvalue weighted by Crippen LogP contribution is -2.46. The van der Waals surface area contributed by atoms with Gasteiger partial charge in [-0.05, 0) is 44.2 Å². The van der Waals surface area contributed by atoms with Crippen molar-refractivity contribution in [2.45, 2.75) is 70.0 Å². The molecule has 0 saturated heterocycles. The highest BCUT2D eigenvalue weighted by molar-refractivity contribution is 8.00. The zero-order valence-electron chi connectivity index (χ0n) is 18.6. The number of fused-ring (bicyclic) bond motifs is 1. The molecule has 1 aromatic carbocycles. The van der Waals surface area contributed by atoms with Gasteiger partial charge in [0.25, 0.3) is 0 Å². The Kier molecular flexibility index (Phi) is 6.70. The van der Waals surface area contributed by atoms with Crippen LogP contribution in [0.3, 0.4) is 0 Å². The molecule has 31 heavy (non-hydrogen) atoms. The summed E-state index contributed by atoms with van der Waals surface area (Å²) >= 11 is 1.49. The summed E-state index contributed by atoms with van der Waals surface area (Å²) in [7, 11) is 0. The molecule has 0 radical (unpaired) electrons. The van der Waals surface area contributed by atoms with Crippen molar-refractivity contribution in [2.24, 2.45) is 5.92 Å². The van der Waals surface area contributed by atoms with Crippen LogP contribution in [0.1, 0.15) is 63.3 Å². The van der Waals surface area contributed by atoms with E-state index < -0.39 is 6.04 Å². The van der Waals surface area contributed by atoms with Gasteiger partial charge in [-0.2, -0.15) is 5.10 Å². The summed E-state index contributed by atoms with van der Waals surface area (Å²) in [5.41, 5.74) is 2.62. The van der Waals surface area contributed by atoms with Crippen molar-refractivity contribution < 1.29 is 9.59 Å². The summed E-state index contributed by atoms with van der Waals surface area (Å²) in [5.74, 6) is 0.724. The van der Waals surface area contributed by atoms with Crippen LogP contribution < -0.4 is 5.32 Å². The zero-order chi connectivity index (χ0) is 22.0. The average molecular weight is 441 g/mol. The maximum absolute atomic E-state index is 13.6. The Labute approximate surface area is 188 Å². The summed E-state index contributed by atoms with van der Waals surface area (Å²) < 4.78 is 1.89. The second-order valence-electron chi connectivity index (χ2n) is 9.00. The van der Waals surface area contributed by atoms with Crippen LogP contribution in [-0.4, -0.2) is 44.8 Å². The Morgan fingerprint density at radius 3 is 2.61 bits per heavy atom. The summed E-state index contributed by atoms with van der Waals surface area (Å²) in [4.78, 5) is 28.6. The van der Waals surface area contributed by atoms with Crippen molar-refractivity contribution in [1.82, 2.24) is 20.0 Å². The lowest BCUT2D eigenvalue weighted by molar-refractivity contribution is -0.139. The van der Waals surface area contributed by atoms with Gasteiger partial charge in [0.2, 0.25) is 11.8 Å².